The Morgan fingerprint density at radius 2 is 2.00 bits per heavy atom. The van der Waals surface area contributed by atoms with Crippen LogP contribution in [0.2, 0.25) is 0 Å². The lowest BCUT2D eigenvalue weighted by molar-refractivity contribution is 0.156. The van der Waals surface area contributed by atoms with Gasteiger partial charge >= 0.3 is 0 Å². The zero-order valence-electron chi connectivity index (χ0n) is 11.6. The van der Waals surface area contributed by atoms with E-state index in [0.717, 1.165) is 25.7 Å². The van der Waals surface area contributed by atoms with Crippen LogP contribution in [0.4, 0.5) is 0 Å². The van der Waals surface area contributed by atoms with Crippen molar-refractivity contribution in [3.63, 3.8) is 0 Å². The van der Waals surface area contributed by atoms with Crippen molar-refractivity contribution in [3.05, 3.63) is 0 Å². The summed E-state index contributed by atoms with van der Waals surface area (Å²) in [6, 6.07) is 0. The van der Waals surface area contributed by atoms with Gasteiger partial charge in [-0.05, 0) is 36.5 Å². The predicted molar refractivity (Wildman–Crippen MR) is 59.7 cm³/mol. The second-order valence-corrected chi connectivity index (χ2v) is 5.09. The van der Waals surface area contributed by atoms with E-state index in [0.29, 0.717) is 11.8 Å². The third kappa shape index (κ3) is 3.32. The van der Waals surface area contributed by atoms with Gasteiger partial charge in [0.25, 0.3) is 0 Å². The summed E-state index contributed by atoms with van der Waals surface area (Å²) in [7, 11) is 0. The molecule has 0 heterocycles. The summed E-state index contributed by atoms with van der Waals surface area (Å²) in [6.07, 6.45) is 4.13. The van der Waals surface area contributed by atoms with Crippen LogP contribution in [0.15, 0.2) is 0 Å². The maximum atomic E-state index is 8.64. The van der Waals surface area contributed by atoms with Gasteiger partial charge in [-0.25, -0.2) is 0 Å². The lowest BCUT2D eigenvalue weighted by Gasteiger charge is -2.35. The van der Waals surface area contributed by atoms with E-state index in [9.17, 15) is 0 Å². The molecule has 0 spiro atoms. The van der Waals surface area contributed by atoms with Crippen molar-refractivity contribution < 1.29 is 2.74 Å². The standard InChI is InChI=1S/C13H26/c1-10(2)9-12-7-5-6-8-13(12)11(3)4/h10-13H,5-9H2,1-4H3/i7D,13D. The van der Waals surface area contributed by atoms with Gasteiger partial charge in [-0.1, -0.05) is 46.9 Å². The normalized spacial score (nSPS) is 43.5. The highest BCUT2D eigenvalue weighted by atomic mass is 14.3. The number of hydrogen-bond donors (Lipinski definition) is 0. The molecule has 1 rings (SSSR count). The van der Waals surface area contributed by atoms with Crippen molar-refractivity contribution in [1.82, 2.24) is 0 Å². The molecular weight excluding hydrogens is 156 g/mol. The van der Waals surface area contributed by atoms with Crippen LogP contribution in [0.3, 0.4) is 0 Å². The molecular formula is C13H26. The minimum absolute atomic E-state index is 0.000972. The second-order valence-electron chi connectivity index (χ2n) is 5.09. The van der Waals surface area contributed by atoms with E-state index in [-0.39, 0.29) is 18.2 Å². The molecule has 0 saturated heterocycles. The quantitative estimate of drug-likeness (QED) is 0.606. The van der Waals surface area contributed by atoms with Crippen molar-refractivity contribution >= 4 is 0 Å². The second kappa shape index (κ2) is 5.02. The molecule has 13 heavy (non-hydrogen) atoms. The molecule has 0 N–H and O–H groups in total. The molecule has 0 radical (unpaired) electrons. The molecule has 3 atom stereocenters. The van der Waals surface area contributed by atoms with Gasteiger partial charge in [-0.15, -0.1) is 0 Å². The molecule has 78 valence electrons. The van der Waals surface area contributed by atoms with Crippen LogP contribution in [0.1, 0.15) is 62.5 Å². The average Bonchev–Trinajstić information content (AvgIpc) is 2.11. The summed E-state index contributed by atoms with van der Waals surface area (Å²) in [4.78, 5) is 0. The Balaban J connectivity index is 2.81. The minimum Gasteiger partial charge on any atom is -0.0628 e. The van der Waals surface area contributed by atoms with Crippen molar-refractivity contribution in [2.24, 2.45) is 23.6 Å². The zero-order chi connectivity index (χ0) is 11.6. The summed E-state index contributed by atoms with van der Waals surface area (Å²) < 4.78 is 16.8. The predicted octanol–water partition coefficient (Wildman–Crippen LogP) is 4.49. The molecule has 1 aliphatic rings. The number of hydrogen-bond acceptors (Lipinski definition) is 0. The first kappa shape index (κ1) is 8.32. The van der Waals surface area contributed by atoms with Crippen LogP contribution in [0, 0.1) is 23.6 Å². The molecule has 0 amide bonds. The summed E-state index contributed by atoms with van der Waals surface area (Å²) in [5, 5.41) is 0. The molecule has 0 aromatic carbocycles. The van der Waals surface area contributed by atoms with Crippen LogP contribution < -0.4 is 0 Å². The van der Waals surface area contributed by atoms with Crippen LogP contribution in [-0.4, -0.2) is 0 Å². The SMILES string of the molecule is [2H]C1CCCC([2H])(C(C)C)C1CC(C)C. The Bertz CT molecular complexity index is 201. The first-order valence-corrected chi connectivity index (χ1v) is 5.80. The minimum atomic E-state index is -0.338. The average molecular weight is 184 g/mol. The number of rotatable bonds is 3. The molecule has 1 saturated carbocycles. The van der Waals surface area contributed by atoms with Gasteiger partial charge in [0.2, 0.25) is 0 Å². The molecule has 0 aromatic rings. The van der Waals surface area contributed by atoms with Crippen LogP contribution in [-0.2, 0) is 0 Å². The van der Waals surface area contributed by atoms with E-state index in [1.165, 1.54) is 0 Å². The van der Waals surface area contributed by atoms with E-state index >= 15 is 0 Å². The van der Waals surface area contributed by atoms with Gasteiger partial charge in [0.05, 0.1) is 0 Å². The Morgan fingerprint density at radius 3 is 2.54 bits per heavy atom. The van der Waals surface area contributed by atoms with Crippen molar-refractivity contribution in [3.8, 4) is 0 Å². The molecule has 1 aliphatic carbocycles. The maximum Gasteiger partial charge on any atom is 0.0308 e. The molecule has 0 aromatic heterocycles. The van der Waals surface area contributed by atoms with Gasteiger partial charge in [0.15, 0.2) is 0 Å². The topological polar surface area (TPSA) is 0 Å². The molecule has 3 unspecified atom stereocenters. The first-order chi connectivity index (χ1) is 6.88. The van der Waals surface area contributed by atoms with Crippen molar-refractivity contribution in [2.75, 3.05) is 0 Å². The van der Waals surface area contributed by atoms with Crippen LogP contribution in [0.25, 0.3) is 0 Å². The summed E-state index contributed by atoms with van der Waals surface area (Å²) in [6.45, 7) is 8.72. The lowest BCUT2D eigenvalue weighted by atomic mass is 9.71. The van der Waals surface area contributed by atoms with Crippen molar-refractivity contribution in [1.29, 1.82) is 0 Å². The van der Waals surface area contributed by atoms with E-state index in [4.69, 9.17) is 2.74 Å². The maximum absolute atomic E-state index is 8.64. The highest BCUT2D eigenvalue weighted by Crippen LogP contribution is 2.38. The first-order valence-electron chi connectivity index (χ1n) is 6.88. The summed E-state index contributed by atoms with van der Waals surface area (Å²) in [5.41, 5.74) is 0. The monoisotopic (exact) mass is 184 g/mol. The highest BCUT2D eigenvalue weighted by molar-refractivity contribution is 4.78. The lowest BCUT2D eigenvalue weighted by Crippen LogP contribution is -2.25. The van der Waals surface area contributed by atoms with Gasteiger partial charge in [-0.2, -0.15) is 0 Å². The van der Waals surface area contributed by atoms with E-state index < -0.39 is 0 Å². The third-order valence-electron chi connectivity index (χ3n) is 3.06. The van der Waals surface area contributed by atoms with Gasteiger partial charge in [0, 0.05) is 2.74 Å². The Labute approximate surface area is 86.9 Å². The van der Waals surface area contributed by atoms with Crippen molar-refractivity contribution in [2.45, 2.75) is 59.8 Å². The smallest absolute Gasteiger partial charge is 0.0308 e. The summed E-state index contributed by atoms with van der Waals surface area (Å²) in [5.74, 6) is 0.944. The van der Waals surface area contributed by atoms with Crippen LogP contribution >= 0.6 is 0 Å². The molecule has 0 heteroatoms. The van der Waals surface area contributed by atoms with E-state index in [2.05, 4.69) is 27.7 Å². The molecule has 0 aliphatic heterocycles. The Kier molecular flexibility index (Phi) is 3.22. The fourth-order valence-corrected chi connectivity index (χ4v) is 2.43. The van der Waals surface area contributed by atoms with E-state index in [1.54, 1.807) is 0 Å². The van der Waals surface area contributed by atoms with Gasteiger partial charge in [-0.3, -0.25) is 0 Å². The largest absolute Gasteiger partial charge is 0.0628 e. The molecule has 1 fully saturated rings. The van der Waals surface area contributed by atoms with Crippen LogP contribution in [0.5, 0.6) is 0 Å². The zero-order valence-corrected chi connectivity index (χ0v) is 9.64. The summed E-state index contributed by atoms with van der Waals surface area (Å²) >= 11 is 0. The third-order valence-corrected chi connectivity index (χ3v) is 3.06. The molecule has 0 bridgehead atoms. The van der Waals surface area contributed by atoms with E-state index in [1.807, 2.05) is 0 Å². The molecule has 0 nitrogen and oxygen atoms in total. The van der Waals surface area contributed by atoms with Gasteiger partial charge < -0.3 is 0 Å². The fourth-order valence-electron chi connectivity index (χ4n) is 2.43. The highest BCUT2D eigenvalue weighted by Gasteiger charge is 2.27. The Hall–Kier alpha value is 0. The Morgan fingerprint density at radius 1 is 1.31 bits per heavy atom. The van der Waals surface area contributed by atoms with Gasteiger partial charge in [0.1, 0.15) is 0 Å². The fraction of sp³-hybridized carbons (Fsp3) is 1.00.